The van der Waals surface area contributed by atoms with Crippen LogP contribution in [0, 0.1) is 11.6 Å². The average molecular weight is 815 g/mol. The van der Waals surface area contributed by atoms with E-state index in [1.54, 1.807) is 24.3 Å². The number of nitrogens with zero attached hydrogens (tertiary/aromatic N) is 6. The van der Waals surface area contributed by atoms with Crippen LogP contribution in [0.1, 0.15) is 64.7 Å². The molecule has 5 aromatic rings. The van der Waals surface area contributed by atoms with Crippen molar-refractivity contribution in [1.82, 2.24) is 35.5 Å². The van der Waals surface area contributed by atoms with E-state index in [0.717, 1.165) is 36.8 Å². The highest BCUT2D eigenvalue weighted by Crippen LogP contribution is 2.51. The van der Waals surface area contributed by atoms with E-state index in [1.165, 1.54) is 42.2 Å². The Labute approximate surface area is 315 Å². The molecule has 0 unspecified atom stereocenters. The molecular formula is C35H25Cl2F8N7O3. The highest BCUT2D eigenvalue weighted by atomic mass is 35.5. The summed E-state index contributed by atoms with van der Waals surface area (Å²) in [5, 5.41) is 7.94. The molecule has 3 aromatic heterocycles. The number of amides is 1. The lowest BCUT2D eigenvalue weighted by molar-refractivity contribution is -0.173. The third kappa shape index (κ3) is 9.41. The zero-order valence-corrected chi connectivity index (χ0v) is 29.4. The monoisotopic (exact) mass is 813 g/mol. The zero-order valence-electron chi connectivity index (χ0n) is 27.9. The molecule has 0 bridgehead atoms. The average Bonchev–Trinajstić information content (AvgIpc) is 4.05. The van der Waals surface area contributed by atoms with Gasteiger partial charge in [-0.25, -0.2) is 28.7 Å². The summed E-state index contributed by atoms with van der Waals surface area (Å²) < 4.78 is 105. The second kappa shape index (κ2) is 15.2. The molecule has 2 aliphatic rings. The van der Waals surface area contributed by atoms with Crippen LogP contribution in [0.25, 0.3) is 11.5 Å². The van der Waals surface area contributed by atoms with Gasteiger partial charge in [0.25, 0.3) is 5.89 Å². The summed E-state index contributed by atoms with van der Waals surface area (Å²) in [4.78, 5) is 39.2. The first-order valence-corrected chi connectivity index (χ1v) is 17.0. The molecule has 0 saturated heterocycles. The van der Waals surface area contributed by atoms with Crippen molar-refractivity contribution >= 4 is 34.9 Å². The SMILES string of the molecule is Fc1ccc(C2(Cc3ncc(-c4nnc(C(F)(F)F)o4)cn3)CC2)cc1Cl.O=C(CNC(=O)C(F)(F)F)c1cnc(CC2(c3ccc(F)c(Cl)c3)CC2)nc1. The van der Waals surface area contributed by atoms with Gasteiger partial charge in [0, 0.05) is 48.5 Å². The molecule has 55 heavy (non-hydrogen) atoms. The van der Waals surface area contributed by atoms with Crippen LogP contribution in [0.15, 0.2) is 65.6 Å². The van der Waals surface area contributed by atoms with E-state index < -0.39 is 48.1 Å². The fraction of sp³-hybridized carbons (Fsp3) is 0.314. The Morgan fingerprint density at radius 1 is 0.727 bits per heavy atom. The van der Waals surface area contributed by atoms with Crippen LogP contribution in [0.4, 0.5) is 35.1 Å². The first kappa shape index (κ1) is 39.6. The molecule has 1 N–H and O–H groups in total. The molecule has 0 atom stereocenters. The third-order valence-electron chi connectivity index (χ3n) is 9.08. The van der Waals surface area contributed by atoms with Gasteiger partial charge in [-0.15, -0.1) is 10.2 Å². The number of nitrogens with one attached hydrogen (secondary N) is 1. The molecular weight excluding hydrogens is 789 g/mol. The van der Waals surface area contributed by atoms with Gasteiger partial charge in [-0.2, -0.15) is 26.3 Å². The number of hydrogen-bond acceptors (Lipinski definition) is 9. The number of benzene rings is 2. The number of Topliss-reactive ketones (excluding diaryl/α,β-unsaturated/α-hetero) is 1. The van der Waals surface area contributed by atoms with Crippen LogP contribution in [0.2, 0.25) is 10.0 Å². The van der Waals surface area contributed by atoms with Crippen molar-refractivity contribution < 1.29 is 49.1 Å². The Hall–Kier alpha value is -5.10. The minimum Gasteiger partial charge on any atom is -0.413 e. The Morgan fingerprint density at radius 2 is 1.20 bits per heavy atom. The Balaban J connectivity index is 0.000000187. The lowest BCUT2D eigenvalue weighted by atomic mass is 9.92. The number of hydrogen-bond donors (Lipinski definition) is 1. The van der Waals surface area contributed by atoms with Gasteiger partial charge in [0.15, 0.2) is 5.78 Å². The predicted molar refractivity (Wildman–Crippen MR) is 178 cm³/mol. The van der Waals surface area contributed by atoms with Crippen molar-refractivity contribution in [2.24, 2.45) is 0 Å². The van der Waals surface area contributed by atoms with Gasteiger partial charge in [0.2, 0.25) is 0 Å². The van der Waals surface area contributed by atoms with Crippen LogP contribution >= 0.6 is 23.2 Å². The molecule has 3 heterocycles. The van der Waals surface area contributed by atoms with Gasteiger partial charge in [-0.1, -0.05) is 35.3 Å². The number of aromatic nitrogens is 6. The van der Waals surface area contributed by atoms with E-state index >= 15 is 0 Å². The molecule has 1 amide bonds. The van der Waals surface area contributed by atoms with E-state index in [4.69, 9.17) is 23.2 Å². The molecule has 2 saturated carbocycles. The maximum Gasteiger partial charge on any atom is 0.471 e. The number of halogens is 10. The van der Waals surface area contributed by atoms with Crippen LogP contribution < -0.4 is 5.32 Å². The number of carbonyl (C=O) groups excluding carboxylic acids is 2. The second-order valence-electron chi connectivity index (χ2n) is 13.0. The van der Waals surface area contributed by atoms with Gasteiger partial charge in [-0.3, -0.25) is 9.59 Å². The lowest BCUT2D eigenvalue weighted by Crippen LogP contribution is -2.39. The highest BCUT2D eigenvalue weighted by Gasteiger charge is 2.46. The number of rotatable bonds is 10. The summed E-state index contributed by atoms with van der Waals surface area (Å²) in [6.07, 6.45) is -0.240. The number of ketones is 1. The molecule has 20 heteroatoms. The van der Waals surface area contributed by atoms with Crippen LogP contribution in [0.3, 0.4) is 0 Å². The first-order valence-electron chi connectivity index (χ1n) is 16.2. The Morgan fingerprint density at radius 3 is 1.60 bits per heavy atom. The molecule has 7 rings (SSSR count). The minimum absolute atomic E-state index is 0.0131. The molecule has 2 fully saturated rings. The number of alkyl halides is 6. The smallest absolute Gasteiger partial charge is 0.413 e. The second-order valence-corrected chi connectivity index (χ2v) is 13.8. The van der Waals surface area contributed by atoms with Crippen LogP contribution in [-0.4, -0.2) is 54.5 Å². The van der Waals surface area contributed by atoms with Crippen molar-refractivity contribution in [3.8, 4) is 11.5 Å². The van der Waals surface area contributed by atoms with E-state index in [-0.39, 0.29) is 37.9 Å². The molecule has 10 nitrogen and oxygen atoms in total. The summed E-state index contributed by atoms with van der Waals surface area (Å²) in [5.41, 5.74) is 1.51. The van der Waals surface area contributed by atoms with Crippen molar-refractivity contribution in [3.63, 3.8) is 0 Å². The van der Waals surface area contributed by atoms with Gasteiger partial charge in [0.1, 0.15) is 23.3 Å². The van der Waals surface area contributed by atoms with Gasteiger partial charge >= 0.3 is 24.2 Å². The van der Waals surface area contributed by atoms with Crippen molar-refractivity contribution in [3.05, 3.63) is 117 Å². The topological polar surface area (TPSA) is 137 Å². The van der Waals surface area contributed by atoms with E-state index in [1.807, 2.05) is 0 Å². The fourth-order valence-corrected chi connectivity index (χ4v) is 6.02. The van der Waals surface area contributed by atoms with Crippen molar-refractivity contribution in [2.45, 2.75) is 61.7 Å². The Bertz CT molecular complexity index is 2210. The summed E-state index contributed by atoms with van der Waals surface area (Å²) in [6.45, 7) is -0.806. The minimum atomic E-state index is -5.05. The van der Waals surface area contributed by atoms with Crippen LogP contribution in [0.5, 0.6) is 0 Å². The zero-order chi connectivity index (χ0) is 39.8. The van der Waals surface area contributed by atoms with E-state index in [0.29, 0.717) is 24.5 Å². The summed E-state index contributed by atoms with van der Waals surface area (Å²) in [6, 6.07) is 9.17. The maximum atomic E-state index is 13.4. The van der Waals surface area contributed by atoms with E-state index in [2.05, 4.69) is 34.6 Å². The van der Waals surface area contributed by atoms with Crippen molar-refractivity contribution in [1.29, 1.82) is 0 Å². The molecule has 2 aliphatic carbocycles. The molecule has 2 aromatic carbocycles. The highest BCUT2D eigenvalue weighted by molar-refractivity contribution is 6.31. The van der Waals surface area contributed by atoms with Crippen LogP contribution in [-0.2, 0) is 34.6 Å². The predicted octanol–water partition coefficient (Wildman–Crippen LogP) is 8.02. The normalized spacial score (nSPS) is 15.5. The van der Waals surface area contributed by atoms with Gasteiger partial charge in [-0.05, 0) is 61.1 Å². The molecule has 288 valence electrons. The number of carbonyl (C=O) groups is 2. The summed E-state index contributed by atoms with van der Waals surface area (Å²) in [7, 11) is 0. The van der Waals surface area contributed by atoms with Crippen molar-refractivity contribution in [2.75, 3.05) is 6.54 Å². The van der Waals surface area contributed by atoms with Gasteiger partial charge < -0.3 is 9.73 Å². The summed E-state index contributed by atoms with van der Waals surface area (Å²) in [5.74, 6) is -4.69. The molecule has 0 aliphatic heterocycles. The third-order valence-corrected chi connectivity index (χ3v) is 9.66. The quantitative estimate of drug-likeness (QED) is 0.110. The molecule has 0 radical (unpaired) electrons. The Kier molecular flexibility index (Phi) is 10.9. The summed E-state index contributed by atoms with van der Waals surface area (Å²) >= 11 is 11.7. The largest absolute Gasteiger partial charge is 0.471 e. The molecule has 0 spiro atoms. The maximum absolute atomic E-state index is 13.4. The lowest BCUT2D eigenvalue weighted by Gasteiger charge is -2.15. The van der Waals surface area contributed by atoms with E-state index in [9.17, 15) is 44.7 Å². The first-order chi connectivity index (χ1) is 25.9. The van der Waals surface area contributed by atoms with Gasteiger partial charge in [0.05, 0.1) is 27.7 Å². The standard InChI is InChI=1S/C18H14ClF4N3O2.C17H11ClF4N4O/c19-12-5-11(1-2-13(12)20)17(3-4-17)6-15-24-7-10(8-25-15)14(27)9-26-16(28)18(21,22)23;18-11-5-10(1-2-12(11)19)16(3-4-16)6-13-23-7-9(8-24-13)14-25-26-15(27-14)17(20,21)22/h1-2,5,7-8H,3-4,6,9H2,(H,26,28);1-2,5,7-8H,3-4,6H2. The fourth-order valence-electron chi connectivity index (χ4n) is 5.66.